The van der Waals surface area contributed by atoms with Crippen LogP contribution in [0.25, 0.3) is 0 Å². The second-order valence-corrected chi connectivity index (χ2v) is 7.49. The topological polar surface area (TPSA) is 99.4 Å². The van der Waals surface area contributed by atoms with Gasteiger partial charge in [-0.05, 0) is 62.6 Å². The number of ether oxygens (including phenoxy) is 1. The van der Waals surface area contributed by atoms with E-state index >= 15 is 0 Å². The molecule has 0 bridgehead atoms. The molecule has 1 aliphatic carbocycles. The van der Waals surface area contributed by atoms with E-state index < -0.39 is 12.1 Å². The second kappa shape index (κ2) is 12.1. The van der Waals surface area contributed by atoms with Gasteiger partial charge in [-0.25, -0.2) is 0 Å². The second-order valence-electron chi connectivity index (χ2n) is 7.49. The fourth-order valence-electron chi connectivity index (χ4n) is 3.55. The zero-order valence-electron chi connectivity index (χ0n) is 16.9. The largest absolute Gasteiger partial charge is 0.491 e. The Morgan fingerprint density at radius 1 is 1.38 bits per heavy atom. The minimum absolute atomic E-state index is 0.0164. The van der Waals surface area contributed by atoms with Crippen LogP contribution < -0.4 is 4.74 Å². The van der Waals surface area contributed by atoms with Crippen molar-refractivity contribution in [2.45, 2.75) is 51.6 Å². The van der Waals surface area contributed by atoms with E-state index in [9.17, 15) is 15.1 Å². The van der Waals surface area contributed by atoms with E-state index in [1.165, 1.54) is 0 Å². The van der Waals surface area contributed by atoms with Crippen LogP contribution in [0.5, 0.6) is 5.75 Å². The molecule has 158 valence electrons. The molecular weight excluding hydrogens is 370 g/mol. The van der Waals surface area contributed by atoms with Crippen LogP contribution in [0.4, 0.5) is 0 Å². The zero-order valence-corrected chi connectivity index (χ0v) is 16.9. The summed E-state index contributed by atoms with van der Waals surface area (Å²) in [7, 11) is 0. The van der Waals surface area contributed by atoms with Gasteiger partial charge in [0.2, 0.25) is 0 Å². The lowest BCUT2D eigenvalue weighted by atomic mass is 9.91. The molecule has 1 aromatic carbocycles. The molecule has 3 atom stereocenters. The number of oxime groups is 1. The Hall–Kier alpha value is -2.60. The van der Waals surface area contributed by atoms with Crippen LogP contribution in [-0.4, -0.2) is 39.8 Å². The van der Waals surface area contributed by atoms with Crippen molar-refractivity contribution in [3.8, 4) is 5.75 Å². The number of benzene rings is 1. The van der Waals surface area contributed by atoms with Crippen molar-refractivity contribution in [2.24, 2.45) is 17.0 Å². The first-order chi connectivity index (χ1) is 14.0. The number of nitrogens with zero attached hydrogens (tertiary/aromatic N) is 1. The molecule has 0 saturated heterocycles. The highest BCUT2D eigenvalue weighted by Gasteiger charge is 2.30. The maximum atomic E-state index is 10.5. The van der Waals surface area contributed by atoms with Gasteiger partial charge in [0.15, 0.2) is 0 Å². The van der Waals surface area contributed by atoms with Crippen LogP contribution in [0.2, 0.25) is 0 Å². The summed E-state index contributed by atoms with van der Waals surface area (Å²) in [6.45, 7) is 2.15. The Morgan fingerprint density at radius 3 is 2.93 bits per heavy atom. The molecule has 1 saturated carbocycles. The molecule has 0 aromatic heterocycles. The van der Waals surface area contributed by atoms with Crippen molar-refractivity contribution in [3.63, 3.8) is 0 Å². The Morgan fingerprint density at radius 2 is 2.21 bits per heavy atom. The fourth-order valence-corrected chi connectivity index (χ4v) is 3.55. The van der Waals surface area contributed by atoms with Crippen molar-refractivity contribution in [1.29, 1.82) is 0 Å². The molecule has 1 fully saturated rings. The number of aliphatic carboxylic acids is 1. The summed E-state index contributed by atoms with van der Waals surface area (Å²) in [6.07, 6.45) is 11.0. The van der Waals surface area contributed by atoms with Crippen LogP contribution >= 0.6 is 0 Å². The summed E-state index contributed by atoms with van der Waals surface area (Å²) in [5.41, 5.74) is 1.83. The molecule has 1 aliphatic rings. The Kier molecular flexibility index (Phi) is 9.44. The monoisotopic (exact) mass is 401 g/mol. The van der Waals surface area contributed by atoms with Gasteiger partial charge >= 0.3 is 5.97 Å². The van der Waals surface area contributed by atoms with Crippen molar-refractivity contribution >= 4 is 11.7 Å². The van der Waals surface area contributed by atoms with E-state index in [2.05, 4.69) is 11.2 Å². The molecule has 0 heterocycles. The number of aryl methyl sites for hydroxylation is 1. The summed E-state index contributed by atoms with van der Waals surface area (Å²) >= 11 is 0. The lowest BCUT2D eigenvalue weighted by Gasteiger charge is -2.15. The highest BCUT2D eigenvalue weighted by molar-refractivity contribution is 5.90. The van der Waals surface area contributed by atoms with Gasteiger partial charge in [0.25, 0.3) is 0 Å². The lowest BCUT2D eigenvalue weighted by Crippen LogP contribution is -2.17. The maximum Gasteiger partial charge on any atom is 0.303 e. The van der Waals surface area contributed by atoms with Crippen molar-refractivity contribution in [2.75, 3.05) is 6.61 Å². The lowest BCUT2D eigenvalue weighted by molar-refractivity contribution is -0.137. The van der Waals surface area contributed by atoms with Gasteiger partial charge < -0.3 is 20.2 Å². The van der Waals surface area contributed by atoms with Crippen molar-refractivity contribution in [1.82, 2.24) is 0 Å². The number of hydrogen-bond donors (Lipinski definition) is 3. The zero-order chi connectivity index (χ0) is 21.1. The van der Waals surface area contributed by atoms with Crippen LogP contribution in [0, 0.1) is 18.8 Å². The standard InChI is InChI=1S/C23H31NO5/c1-17-7-6-9-20(15-17)29-16-19(25)12-13-21-18(11-14-22(21)24-28)8-4-2-3-5-10-23(26)27/h2,4,6-7,9,12-13,15,18-19,21,25,28H,3,5,8,10-11,14,16H2,1H3,(H,26,27)/b4-2-,13-12+,24-22-/t18-,19+,21?/m0/s1. The van der Waals surface area contributed by atoms with E-state index in [4.69, 9.17) is 9.84 Å². The van der Waals surface area contributed by atoms with Gasteiger partial charge in [-0.1, -0.05) is 41.6 Å². The van der Waals surface area contributed by atoms with Crippen LogP contribution in [0.1, 0.15) is 44.1 Å². The molecule has 6 heteroatoms. The van der Waals surface area contributed by atoms with Crippen LogP contribution in [0.3, 0.4) is 0 Å². The average Bonchev–Trinajstić information content (AvgIpc) is 3.09. The summed E-state index contributed by atoms with van der Waals surface area (Å²) < 4.78 is 5.63. The van der Waals surface area contributed by atoms with Crippen molar-refractivity contribution < 1.29 is 25.0 Å². The first kappa shape index (κ1) is 22.7. The molecule has 6 nitrogen and oxygen atoms in total. The smallest absolute Gasteiger partial charge is 0.303 e. The first-order valence-electron chi connectivity index (χ1n) is 10.1. The summed E-state index contributed by atoms with van der Waals surface area (Å²) in [6, 6.07) is 7.67. The maximum absolute atomic E-state index is 10.5. The molecule has 0 amide bonds. The minimum Gasteiger partial charge on any atom is -0.491 e. The summed E-state index contributed by atoms with van der Waals surface area (Å²) in [5, 5.41) is 31.6. The normalized spacial score (nSPS) is 21.9. The molecule has 0 aliphatic heterocycles. The minimum atomic E-state index is -0.770. The van der Waals surface area contributed by atoms with Gasteiger partial charge in [-0.2, -0.15) is 0 Å². The van der Waals surface area contributed by atoms with Gasteiger partial charge in [0.05, 0.1) is 5.71 Å². The highest BCUT2D eigenvalue weighted by Crippen LogP contribution is 2.33. The van der Waals surface area contributed by atoms with Crippen LogP contribution in [0.15, 0.2) is 53.7 Å². The third kappa shape index (κ3) is 8.11. The number of aliphatic hydroxyl groups is 1. The molecule has 3 N–H and O–H groups in total. The van der Waals surface area contributed by atoms with Gasteiger partial charge in [-0.15, -0.1) is 0 Å². The molecule has 29 heavy (non-hydrogen) atoms. The number of allylic oxidation sites excluding steroid dienone is 3. The third-order valence-electron chi connectivity index (χ3n) is 5.11. The summed E-state index contributed by atoms with van der Waals surface area (Å²) in [5.74, 6) is 0.241. The number of hydrogen-bond acceptors (Lipinski definition) is 5. The van der Waals surface area contributed by atoms with E-state index in [-0.39, 0.29) is 18.9 Å². The van der Waals surface area contributed by atoms with E-state index in [0.717, 1.165) is 42.7 Å². The molecule has 1 aromatic rings. The van der Waals surface area contributed by atoms with Gasteiger partial charge in [0.1, 0.15) is 18.5 Å². The Balaban J connectivity index is 1.84. The third-order valence-corrected chi connectivity index (χ3v) is 5.11. The molecule has 1 unspecified atom stereocenters. The van der Waals surface area contributed by atoms with Gasteiger partial charge in [-0.3, -0.25) is 4.79 Å². The quantitative estimate of drug-likeness (QED) is 0.222. The molecule has 2 rings (SSSR count). The van der Waals surface area contributed by atoms with E-state index in [1.54, 1.807) is 6.08 Å². The molecule has 0 radical (unpaired) electrons. The highest BCUT2D eigenvalue weighted by atomic mass is 16.5. The molecule has 0 spiro atoms. The van der Waals surface area contributed by atoms with Crippen LogP contribution in [-0.2, 0) is 4.79 Å². The summed E-state index contributed by atoms with van der Waals surface area (Å²) in [4.78, 5) is 10.5. The predicted molar refractivity (Wildman–Crippen MR) is 113 cm³/mol. The van der Waals surface area contributed by atoms with Gasteiger partial charge in [0, 0.05) is 12.3 Å². The van der Waals surface area contributed by atoms with E-state index in [1.807, 2.05) is 43.3 Å². The Bertz CT molecular complexity index is 741. The molecular formula is C23H31NO5. The number of carboxylic acids is 1. The number of aliphatic hydroxyl groups excluding tert-OH is 1. The SMILES string of the molecule is Cc1cccc(OC[C@H](O)/C=C/C2/C(=N\O)CC[C@@H]2C/C=C\CCCC(=O)O)c1. The Labute approximate surface area is 172 Å². The van der Waals surface area contributed by atoms with E-state index in [0.29, 0.717) is 12.3 Å². The predicted octanol–water partition coefficient (Wildman–Crippen LogP) is 4.35. The number of carboxylic acid groups (broad SMARTS) is 1. The fraction of sp³-hybridized carbons (Fsp3) is 0.478. The number of carbonyl (C=O) groups is 1. The average molecular weight is 402 g/mol. The number of unbranched alkanes of at least 4 members (excludes halogenated alkanes) is 1. The number of rotatable bonds is 11. The first-order valence-corrected chi connectivity index (χ1v) is 10.1. The van der Waals surface area contributed by atoms with Crippen molar-refractivity contribution in [3.05, 3.63) is 54.1 Å².